The lowest BCUT2D eigenvalue weighted by Crippen LogP contribution is -2.12. The minimum Gasteiger partial charge on any atom is -0.356 e. The Hall–Kier alpha value is -0.840. The summed E-state index contributed by atoms with van der Waals surface area (Å²) >= 11 is 0. The normalized spacial score (nSPS) is 13.0. The maximum atomic E-state index is 10.9. The lowest BCUT2D eigenvalue weighted by molar-refractivity contribution is 0.526. The zero-order chi connectivity index (χ0) is 12.8. The molecule has 1 unspecified atom stereocenters. The van der Waals surface area contributed by atoms with Crippen molar-refractivity contribution in [2.75, 3.05) is 23.9 Å². The summed E-state index contributed by atoms with van der Waals surface area (Å²) in [6.07, 6.45) is 4.72. The molecule has 0 aliphatic carbocycles. The monoisotopic (exact) mass is 257 g/mol. The third-order valence-corrected chi connectivity index (χ3v) is 3.21. The Balaban J connectivity index is 2.48. The first-order valence-corrected chi connectivity index (χ1v) is 7.79. The van der Waals surface area contributed by atoms with Gasteiger partial charge < -0.3 is 9.88 Å². The van der Waals surface area contributed by atoms with Crippen LogP contribution in [-0.4, -0.2) is 32.3 Å². The molecule has 1 atom stereocenters. The van der Waals surface area contributed by atoms with E-state index in [2.05, 4.69) is 34.9 Å². The summed E-state index contributed by atoms with van der Waals surface area (Å²) in [4.78, 5) is 4.46. The van der Waals surface area contributed by atoms with Crippen LogP contribution in [-0.2, 0) is 17.3 Å². The van der Waals surface area contributed by atoms with Gasteiger partial charge in [0.25, 0.3) is 0 Å². The Kier molecular flexibility index (Phi) is 5.68. The highest BCUT2D eigenvalue weighted by Crippen LogP contribution is 2.11. The van der Waals surface area contributed by atoms with Gasteiger partial charge in [-0.2, -0.15) is 0 Å². The first-order valence-electron chi connectivity index (χ1n) is 6.06. The number of hydrogen-bond donors (Lipinski definition) is 1. The molecule has 1 N–H and O–H groups in total. The Bertz CT molecular complexity index is 374. The van der Waals surface area contributed by atoms with E-state index in [-0.39, 0.29) is 0 Å². The number of imidazole rings is 1. The quantitative estimate of drug-likeness (QED) is 0.760. The van der Waals surface area contributed by atoms with E-state index in [1.165, 1.54) is 0 Å². The van der Waals surface area contributed by atoms with Crippen molar-refractivity contribution in [3.63, 3.8) is 0 Å². The molecule has 5 heteroatoms. The molecule has 0 aliphatic rings. The molecule has 4 nitrogen and oxygen atoms in total. The molecule has 1 rings (SSSR count). The Morgan fingerprint density at radius 2 is 2.24 bits per heavy atom. The molecular weight excluding hydrogens is 234 g/mol. The fraction of sp³-hybridized carbons (Fsp3) is 0.750. The number of aryl methyl sites for hydroxylation is 1. The number of nitrogens with one attached hydrogen (secondary N) is 1. The first-order chi connectivity index (χ1) is 7.99. The number of rotatable bonds is 7. The van der Waals surface area contributed by atoms with E-state index < -0.39 is 10.8 Å². The summed E-state index contributed by atoms with van der Waals surface area (Å²) in [5, 5.41) is 3.31. The summed E-state index contributed by atoms with van der Waals surface area (Å²) in [7, 11) is -0.700. The van der Waals surface area contributed by atoms with Crippen LogP contribution in [0.5, 0.6) is 0 Å². The van der Waals surface area contributed by atoms with Crippen LogP contribution in [0.4, 0.5) is 5.95 Å². The Labute approximate surface area is 106 Å². The van der Waals surface area contributed by atoms with Crippen LogP contribution in [0.25, 0.3) is 0 Å². The molecule has 0 fully saturated rings. The number of hydrogen-bond acceptors (Lipinski definition) is 3. The van der Waals surface area contributed by atoms with Gasteiger partial charge in [0.15, 0.2) is 0 Å². The molecule has 0 radical (unpaired) electrons. The largest absolute Gasteiger partial charge is 0.356 e. The van der Waals surface area contributed by atoms with Gasteiger partial charge in [0, 0.05) is 42.1 Å². The molecule has 1 heterocycles. The van der Waals surface area contributed by atoms with Crippen molar-refractivity contribution >= 4 is 16.7 Å². The molecule has 0 spiro atoms. The Morgan fingerprint density at radius 3 is 2.82 bits per heavy atom. The fourth-order valence-corrected chi connectivity index (χ4v) is 2.25. The van der Waals surface area contributed by atoms with Gasteiger partial charge in [-0.3, -0.25) is 4.21 Å². The molecule has 98 valence electrons. The van der Waals surface area contributed by atoms with Gasteiger partial charge >= 0.3 is 0 Å². The lowest BCUT2D eigenvalue weighted by Gasteiger charge is -2.11. The van der Waals surface area contributed by atoms with Crippen LogP contribution in [0, 0.1) is 12.8 Å². The average Bonchev–Trinajstić information content (AvgIpc) is 2.52. The Morgan fingerprint density at radius 1 is 1.53 bits per heavy atom. The van der Waals surface area contributed by atoms with Crippen molar-refractivity contribution in [3.8, 4) is 0 Å². The minimum absolute atomic E-state index is 0.604. The zero-order valence-electron chi connectivity index (χ0n) is 11.2. The van der Waals surface area contributed by atoms with E-state index in [9.17, 15) is 4.21 Å². The van der Waals surface area contributed by atoms with Crippen LogP contribution in [0.1, 0.15) is 26.0 Å². The predicted molar refractivity (Wildman–Crippen MR) is 73.8 cm³/mol. The van der Waals surface area contributed by atoms with E-state index in [4.69, 9.17) is 0 Å². The summed E-state index contributed by atoms with van der Waals surface area (Å²) in [6, 6.07) is 0. The van der Waals surface area contributed by atoms with Crippen molar-refractivity contribution in [3.05, 3.63) is 11.9 Å². The van der Waals surface area contributed by atoms with Gasteiger partial charge in [-0.15, -0.1) is 0 Å². The van der Waals surface area contributed by atoms with Crippen molar-refractivity contribution < 1.29 is 4.21 Å². The molecule has 0 saturated heterocycles. The number of nitrogens with zero attached hydrogens (tertiary/aromatic N) is 2. The zero-order valence-corrected chi connectivity index (χ0v) is 12.0. The maximum Gasteiger partial charge on any atom is 0.203 e. The summed E-state index contributed by atoms with van der Waals surface area (Å²) in [5.74, 6) is 2.28. The maximum absolute atomic E-state index is 10.9. The van der Waals surface area contributed by atoms with Gasteiger partial charge in [-0.05, 0) is 19.3 Å². The lowest BCUT2D eigenvalue weighted by atomic mass is 10.2. The van der Waals surface area contributed by atoms with Gasteiger partial charge in [0.2, 0.25) is 5.95 Å². The van der Waals surface area contributed by atoms with Crippen LogP contribution < -0.4 is 5.32 Å². The standard InChI is InChI=1S/C12H23N3OS/c1-10(2)8-15-9-11(3)14-12(15)13-6-5-7-17(4)16/h9-10H,5-8H2,1-4H3,(H,13,14). The second-order valence-electron chi connectivity index (χ2n) is 4.81. The number of anilines is 1. The third kappa shape index (κ3) is 5.35. The minimum atomic E-state index is -0.700. The van der Waals surface area contributed by atoms with Crippen molar-refractivity contribution in [1.29, 1.82) is 0 Å². The first kappa shape index (κ1) is 14.2. The molecule has 0 aliphatic heterocycles. The SMILES string of the molecule is Cc1cn(CC(C)C)c(NCCCS(C)=O)n1. The van der Waals surface area contributed by atoms with Crippen LogP contribution in [0.15, 0.2) is 6.20 Å². The van der Waals surface area contributed by atoms with Gasteiger partial charge in [-0.25, -0.2) is 4.98 Å². The molecule has 0 saturated carbocycles. The molecule has 0 bridgehead atoms. The topological polar surface area (TPSA) is 46.9 Å². The predicted octanol–water partition coefficient (Wildman–Crippen LogP) is 2.03. The molecule has 17 heavy (non-hydrogen) atoms. The second-order valence-corrected chi connectivity index (χ2v) is 6.36. The summed E-state index contributed by atoms with van der Waals surface area (Å²) in [6.45, 7) is 8.19. The van der Waals surface area contributed by atoms with Gasteiger partial charge in [0.1, 0.15) is 0 Å². The summed E-state index contributed by atoms with van der Waals surface area (Å²) in [5.41, 5.74) is 1.03. The van der Waals surface area contributed by atoms with Crippen LogP contribution in [0.2, 0.25) is 0 Å². The fourth-order valence-electron chi connectivity index (χ4n) is 1.70. The third-order valence-electron chi connectivity index (χ3n) is 2.35. The van der Waals surface area contributed by atoms with Crippen molar-refractivity contribution in [2.45, 2.75) is 33.7 Å². The number of aromatic nitrogens is 2. The van der Waals surface area contributed by atoms with Gasteiger partial charge in [-0.1, -0.05) is 13.8 Å². The van der Waals surface area contributed by atoms with E-state index in [1.807, 2.05) is 6.92 Å². The molecular formula is C12H23N3OS. The van der Waals surface area contributed by atoms with Crippen molar-refractivity contribution in [2.24, 2.45) is 5.92 Å². The van der Waals surface area contributed by atoms with Crippen molar-refractivity contribution in [1.82, 2.24) is 9.55 Å². The summed E-state index contributed by atoms with van der Waals surface area (Å²) < 4.78 is 13.1. The van der Waals surface area contributed by atoms with E-state index in [0.29, 0.717) is 5.92 Å². The van der Waals surface area contributed by atoms with E-state index >= 15 is 0 Å². The van der Waals surface area contributed by atoms with Crippen LogP contribution in [0.3, 0.4) is 0 Å². The van der Waals surface area contributed by atoms with E-state index in [0.717, 1.165) is 36.9 Å². The molecule has 1 aromatic rings. The average molecular weight is 257 g/mol. The van der Waals surface area contributed by atoms with E-state index in [1.54, 1.807) is 6.26 Å². The highest BCUT2D eigenvalue weighted by Gasteiger charge is 2.06. The molecule has 0 amide bonds. The highest BCUT2D eigenvalue weighted by atomic mass is 32.2. The second kappa shape index (κ2) is 6.79. The molecule has 1 aromatic heterocycles. The van der Waals surface area contributed by atoms with Crippen LogP contribution >= 0.6 is 0 Å². The van der Waals surface area contributed by atoms with Gasteiger partial charge in [0.05, 0.1) is 5.69 Å². The smallest absolute Gasteiger partial charge is 0.203 e. The molecule has 0 aromatic carbocycles. The highest BCUT2D eigenvalue weighted by molar-refractivity contribution is 7.84.